The maximum Gasteiger partial charge on any atom is 0.293 e. The van der Waals surface area contributed by atoms with Crippen LogP contribution in [0.1, 0.15) is 37.3 Å². The van der Waals surface area contributed by atoms with Crippen LogP contribution < -0.4 is 5.32 Å². The monoisotopic (exact) mass is 225 g/mol. The fourth-order valence-electron chi connectivity index (χ4n) is 1.86. The van der Waals surface area contributed by atoms with Gasteiger partial charge in [-0.3, -0.25) is 4.79 Å². The predicted molar refractivity (Wildman–Crippen MR) is 54.7 cm³/mol. The fourth-order valence-corrected chi connectivity index (χ4v) is 1.86. The van der Waals surface area contributed by atoms with Crippen molar-refractivity contribution in [3.8, 4) is 0 Å². The number of carbonyl (C=O) groups excluding carboxylic acids is 1. The first kappa shape index (κ1) is 11.0. The van der Waals surface area contributed by atoms with Gasteiger partial charge in [-0.2, -0.15) is 5.21 Å². The van der Waals surface area contributed by atoms with E-state index in [1.165, 1.54) is 0 Å². The van der Waals surface area contributed by atoms with Gasteiger partial charge in [-0.15, -0.1) is 10.2 Å². The van der Waals surface area contributed by atoms with Gasteiger partial charge in [0.1, 0.15) is 0 Å². The number of amides is 1. The molecule has 1 aliphatic rings. The predicted octanol–water partition coefficient (Wildman–Crippen LogP) is -0.113. The zero-order chi connectivity index (χ0) is 11.6. The molecule has 1 amide bonds. The van der Waals surface area contributed by atoms with Crippen molar-refractivity contribution in [1.29, 1.82) is 0 Å². The number of tetrazole rings is 1. The minimum atomic E-state index is -0.295. The molecule has 0 saturated carbocycles. The fraction of sp³-hybridized carbons (Fsp3) is 0.778. The number of ether oxygens (including phenoxy) is 1. The Morgan fingerprint density at radius 2 is 2.44 bits per heavy atom. The molecule has 1 aliphatic heterocycles. The van der Waals surface area contributed by atoms with E-state index < -0.39 is 0 Å². The van der Waals surface area contributed by atoms with Crippen LogP contribution in [-0.4, -0.2) is 44.8 Å². The third-order valence-corrected chi connectivity index (χ3v) is 2.58. The van der Waals surface area contributed by atoms with Crippen LogP contribution in [0.25, 0.3) is 0 Å². The van der Waals surface area contributed by atoms with Gasteiger partial charge in [-0.05, 0) is 31.9 Å². The Morgan fingerprint density at radius 1 is 1.62 bits per heavy atom. The lowest BCUT2D eigenvalue weighted by atomic mass is 9.94. The van der Waals surface area contributed by atoms with Crippen LogP contribution in [0.2, 0.25) is 0 Å². The zero-order valence-electron chi connectivity index (χ0n) is 9.36. The van der Waals surface area contributed by atoms with Gasteiger partial charge in [-0.1, -0.05) is 0 Å². The molecule has 0 bridgehead atoms. The lowest BCUT2D eigenvalue weighted by molar-refractivity contribution is -0.0615. The second-order valence-electron chi connectivity index (χ2n) is 4.51. The van der Waals surface area contributed by atoms with Crippen LogP contribution in [0, 0.1) is 0 Å². The van der Waals surface area contributed by atoms with Crippen molar-refractivity contribution in [2.24, 2.45) is 0 Å². The van der Waals surface area contributed by atoms with Crippen molar-refractivity contribution in [2.45, 2.75) is 38.3 Å². The van der Waals surface area contributed by atoms with E-state index in [-0.39, 0.29) is 23.4 Å². The second-order valence-corrected chi connectivity index (χ2v) is 4.51. The molecule has 1 aromatic rings. The first-order valence-electron chi connectivity index (χ1n) is 5.25. The molecule has 0 aliphatic carbocycles. The van der Waals surface area contributed by atoms with Gasteiger partial charge in [0.05, 0.1) is 5.60 Å². The Kier molecular flexibility index (Phi) is 2.86. The summed E-state index contributed by atoms with van der Waals surface area (Å²) >= 11 is 0. The maximum absolute atomic E-state index is 11.6. The van der Waals surface area contributed by atoms with E-state index in [1.54, 1.807) is 0 Å². The second kappa shape index (κ2) is 4.17. The summed E-state index contributed by atoms with van der Waals surface area (Å²) in [5, 5.41) is 15.7. The third kappa shape index (κ3) is 2.54. The van der Waals surface area contributed by atoms with Crippen molar-refractivity contribution < 1.29 is 9.53 Å². The summed E-state index contributed by atoms with van der Waals surface area (Å²) in [7, 11) is 0. The molecule has 7 nitrogen and oxygen atoms in total. The van der Waals surface area contributed by atoms with Crippen LogP contribution >= 0.6 is 0 Å². The first-order valence-corrected chi connectivity index (χ1v) is 5.25. The van der Waals surface area contributed by atoms with E-state index >= 15 is 0 Å². The summed E-state index contributed by atoms with van der Waals surface area (Å²) in [5.41, 5.74) is -0.187. The van der Waals surface area contributed by atoms with Gasteiger partial charge in [0.25, 0.3) is 11.7 Å². The van der Waals surface area contributed by atoms with E-state index in [4.69, 9.17) is 4.74 Å². The molecular formula is C9H15N5O2. The SMILES string of the molecule is CC1(C)CC(NC(=O)c2nn[nH]n2)CCO1. The number of nitrogens with one attached hydrogen (secondary N) is 2. The number of nitrogens with zero attached hydrogens (tertiary/aromatic N) is 3. The van der Waals surface area contributed by atoms with Crippen molar-refractivity contribution >= 4 is 5.91 Å². The molecule has 1 atom stereocenters. The number of H-pyrrole nitrogens is 1. The van der Waals surface area contributed by atoms with Gasteiger partial charge < -0.3 is 10.1 Å². The van der Waals surface area contributed by atoms with Crippen LogP contribution in [0.3, 0.4) is 0 Å². The molecule has 2 heterocycles. The number of aromatic nitrogens is 4. The Morgan fingerprint density at radius 3 is 3.06 bits per heavy atom. The molecule has 7 heteroatoms. The van der Waals surface area contributed by atoms with E-state index in [2.05, 4.69) is 25.9 Å². The van der Waals surface area contributed by atoms with Gasteiger partial charge in [0.15, 0.2) is 0 Å². The van der Waals surface area contributed by atoms with E-state index in [0.29, 0.717) is 6.61 Å². The summed E-state index contributed by atoms with van der Waals surface area (Å²) in [4.78, 5) is 11.6. The van der Waals surface area contributed by atoms with Crippen LogP contribution in [-0.2, 0) is 4.74 Å². The van der Waals surface area contributed by atoms with Crippen LogP contribution in [0.4, 0.5) is 0 Å². The van der Waals surface area contributed by atoms with Crippen molar-refractivity contribution in [3.05, 3.63) is 5.82 Å². The highest BCUT2D eigenvalue weighted by molar-refractivity contribution is 5.90. The lowest BCUT2D eigenvalue weighted by Crippen LogP contribution is -2.46. The van der Waals surface area contributed by atoms with Crippen molar-refractivity contribution in [1.82, 2.24) is 25.9 Å². The van der Waals surface area contributed by atoms with Gasteiger partial charge >= 0.3 is 0 Å². The Balaban J connectivity index is 1.92. The average molecular weight is 225 g/mol. The molecule has 0 spiro atoms. The average Bonchev–Trinajstić information content (AvgIpc) is 2.68. The minimum absolute atomic E-state index is 0.0734. The Labute approximate surface area is 92.9 Å². The number of carbonyl (C=O) groups is 1. The molecule has 0 aromatic carbocycles. The highest BCUT2D eigenvalue weighted by Gasteiger charge is 2.30. The smallest absolute Gasteiger partial charge is 0.293 e. The summed E-state index contributed by atoms with van der Waals surface area (Å²) in [6.45, 7) is 4.68. The Bertz CT molecular complexity index is 362. The van der Waals surface area contributed by atoms with Crippen molar-refractivity contribution in [2.75, 3.05) is 6.61 Å². The minimum Gasteiger partial charge on any atom is -0.375 e. The van der Waals surface area contributed by atoms with Gasteiger partial charge in [0, 0.05) is 12.6 Å². The Hall–Kier alpha value is -1.50. The molecule has 1 saturated heterocycles. The van der Waals surface area contributed by atoms with E-state index in [9.17, 15) is 4.79 Å². The molecule has 1 aromatic heterocycles. The molecule has 0 radical (unpaired) electrons. The molecule has 2 rings (SSSR count). The molecule has 1 unspecified atom stereocenters. The number of aromatic amines is 1. The summed E-state index contributed by atoms with van der Waals surface area (Å²) in [6.07, 6.45) is 1.60. The van der Waals surface area contributed by atoms with Crippen molar-refractivity contribution in [3.63, 3.8) is 0 Å². The van der Waals surface area contributed by atoms with E-state index in [0.717, 1.165) is 12.8 Å². The number of rotatable bonds is 2. The standard InChI is InChI=1S/C9H15N5O2/c1-9(2)5-6(3-4-16-9)10-8(15)7-11-13-14-12-7/h6H,3-5H2,1-2H3,(H,10,15)(H,11,12,13,14). The van der Waals surface area contributed by atoms with Gasteiger partial charge in [0.2, 0.25) is 0 Å². The molecule has 16 heavy (non-hydrogen) atoms. The summed E-state index contributed by atoms with van der Waals surface area (Å²) in [6, 6.07) is 0.106. The molecular weight excluding hydrogens is 210 g/mol. The molecule has 1 fully saturated rings. The topological polar surface area (TPSA) is 92.8 Å². The first-order chi connectivity index (χ1) is 7.57. The lowest BCUT2D eigenvalue weighted by Gasteiger charge is -2.35. The maximum atomic E-state index is 11.6. The normalized spacial score (nSPS) is 24.0. The van der Waals surface area contributed by atoms with E-state index in [1.807, 2.05) is 13.8 Å². The molecule has 2 N–H and O–H groups in total. The largest absolute Gasteiger partial charge is 0.375 e. The van der Waals surface area contributed by atoms with Gasteiger partial charge in [-0.25, -0.2) is 0 Å². The third-order valence-electron chi connectivity index (χ3n) is 2.58. The van der Waals surface area contributed by atoms with Crippen LogP contribution in [0.15, 0.2) is 0 Å². The molecule has 88 valence electrons. The summed E-state index contributed by atoms with van der Waals surface area (Å²) in [5.74, 6) is -0.222. The zero-order valence-corrected chi connectivity index (χ0v) is 9.36. The highest BCUT2D eigenvalue weighted by Crippen LogP contribution is 2.23. The number of hydrogen-bond acceptors (Lipinski definition) is 5. The quantitative estimate of drug-likeness (QED) is 0.732. The number of hydrogen-bond donors (Lipinski definition) is 2. The van der Waals surface area contributed by atoms with Crippen LogP contribution in [0.5, 0.6) is 0 Å². The summed E-state index contributed by atoms with van der Waals surface area (Å²) < 4.78 is 5.57. The highest BCUT2D eigenvalue weighted by atomic mass is 16.5.